The number of nitrogens with one attached hydrogen (secondary N) is 1. The first-order chi connectivity index (χ1) is 6.70. The molecule has 2 rings (SSSR count). The highest BCUT2D eigenvalue weighted by Crippen LogP contribution is 2.28. The van der Waals surface area contributed by atoms with Crippen molar-refractivity contribution in [2.24, 2.45) is 0 Å². The molecule has 1 atom stereocenters. The van der Waals surface area contributed by atoms with Crippen LogP contribution >= 0.6 is 15.9 Å². The molecule has 0 spiro atoms. The molecule has 0 aromatic heterocycles. The van der Waals surface area contributed by atoms with Crippen LogP contribution in [0.2, 0.25) is 0 Å². The highest BCUT2D eigenvalue weighted by molar-refractivity contribution is 9.10. The second-order valence-corrected chi connectivity index (χ2v) is 4.14. The van der Waals surface area contributed by atoms with E-state index in [4.69, 9.17) is 5.11 Å². The van der Waals surface area contributed by atoms with Crippen molar-refractivity contribution >= 4 is 21.9 Å². The van der Waals surface area contributed by atoms with E-state index in [-0.39, 0.29) is 0 Å². The Labute approximate surface area is 90.3 Å². The Balaban J connectivity index is 2.49. The van der Waals surface area contributed by atoms with Gasteiger partial charge < -0.3 is 10.4 Å². The summed E-state index contributed by atoms with van der Waals surface area (Å²) in [5.41, 5.74) is 1.98. The molecule has 2 N–H and O–H groups in total. The third-order valence-corrected chi connectivity index (χ3v) is 3.18. The molecule has 0 saturated carbocycles. The number of rotatable bonds is 1. The highest BCUT2D eigenvalue weighted by Gasteiger charge is 2.26. The fourth-order valence-electron chi connectivity index (χ4n) is 1.78. The first-order valence-electron chi connectivity index (χ1n) is 4.43. The maximum Gasteiger partial charge on any atom is 0.325 e. The molecule has 1 aromatic rings. The van der Waals surface area contributed by atoms with E-state index in [1.54, 1.807) is 0 Å². The van der Waals surface area contributed by atoms with Crippen LogP contribution in [0.1, 0.15) is 17.2 Å². The van der Waals surface area contributed by atoms with Crippen LogP contribution in [0, 0.1) is 0 Å². The molecule has 0 amide bonds. The van der Waals surface area contributed by atoms with Gasteiger partial charge in [0.05, 0.1) is 0 Å². The molecule has 0 aliphatic carbocycles. The number of halogens is 1. The topological polar surface area (TPSA) is 49.3 Å². The van der Waals surface area contributed by atoms with Crippen LogP contribution in [0.3, 0.4) is 0 Å². The van der Waals surface area contributed by atoms with E-state index in [9.17, 15) is 4.79 Å². The molecule has 1 aliphatic heterocycles. The number of fused-ring (bicyclic) bond motifs is 1. The molecule has 3 nitrogen and oxygen atoms in total. The molecule has 4 heteroatoms. The van der Waals surface area contributed by atoms with Crippen molar-refractivity contribution in [2.45, 2.75) is 12.5 Å². The van der Waals surface area contributed by atoms with Crippen molar-refractivity contribution < 1.29 is 9.90 Å². The first-order valence-corrected chi connectivity index (χ1v) is 5.23. The summed E-state index contributed by atoms with van der Waals surface area (Å²) in [5, 5.41) is 12.0. The Bertz CT molecular complexity index is 378. The van der Waals surface area contributed by atoms with Gasteiger partial charge in [-0.1, -0.05) is 28.1 Å². The van der Waals surface area contributed by atoms with E-state index < -0.39 is 12.0 Å². The van der Waals surface area contributed by atoms with Gasteiger partial charge in [-0.05, 0) is 23.6 Å². The van der Waals surface area contributed by atoms with Gasteiger partial charge in [0.15, 0.2) is 0 Å². The van der Waals surface area contributed by atoms with Crippen LogP contribution in [-0.2, 0) is 11.2 Å². The van der Waals surface area contributed by atoms with Gasteiger partial charge in [-0.2, -0.15) is 0 Å². The minimum absolute atomic E-state index is 0.559. The van der Waals surface area contributed by atoms with Gasteiger partial charge in [-0.15, -0.1) is 0 Å². The maximum atomic E-state index is 11.0. The van der Waals surface area contributed by atoms with Gasteiger partial charge in [0.2, 0.25) is 0 Å². The SMILES string of the molecule is O=C(O)[C@H]1NCCc2c(Br)cccc21. The van der Waals surface area contributed by atoms with Crippen molar-refractivity contribution in [3.05, 3.63) is 33.8 Å². The van der Waals surface area contributed by atoms with Gasteiger partial charge >= 0.3 is 5.97 Å². The van der Waals surface area contributed by atoms with Crippen LogP contribution in [0.5, 0.6) is 0 Å². The number of carboxylic acid groups (broad SMARTS) is 1. The van der Waals surface area contributed by atoms with Crippen LogP contribution in [0.25, 0.3) is 0 Å². The summed E-state index contributed by atoms with van der Waals surface area (Å²) in [6.45, 7) is 0.715. The van der Waals surface area contributed by atoms with Gasteiger partial charge in [0.25, 0.3) is 0 Å². The van der Waals surface area contributed by atoms with Crippen LogP contribution in [0.4, 0.5) is 0 Å². The zero-order valence-corrected chi connectivity index (χ0v) is 9.04. The van der Waals surface area contributed by atoms with Crippen molar-refractivity contribution in [1.82, 2.24) is 5.32 Å². The van der Waals surface area contributed by atoms with Crippen molar-refractivity contribution in [3.8, 4) is 0 Å². The summed E-state index contributed by atoms with van der Waals surface area (Å²) in [7, 11) is 0. The fourth-order valence-corrected chi connectivity index (χ4v) is 2.36. The molecule has 0 fully saturated rings. The Hall–Kier alpha value is -0.870. The monoisotopic (exact) mass is 255 g/mol. The third-order valence-electron chi connectivity index (χ3n) is 2.44. The maximum absolute atomic E-state index is 11.0. The van der Waals surface area contributed by atoms with E-state index in [2.05, 4.69) is 21.2 Å². The van der Waals surface area contributed by atoms with Gasteiger partial charge in [0.1, 0.15) is 6.04 Å². The molecule has 1 heterocycles. The normalized spacial score (nSPS) is 20.2. The summed E-state index contributed by atoms with van der Waals surface area (Å²) in [5.74, 6) is -0.816. The average Bonchev–Trinajstić information content (AvgIpc) is 2.17. The Kier molecular flexibility index (Phi) is 2.56. The molecule has 14 heavy (non-hydrogen) atoms. The number of carboxylic acids is 1. The predicted octanol–water partition coefficient (Wildman–Crippen LogP) is 1.72. The van der Waals surface area contributed by atoms with Crippen LogP contribution < -0.4 is 5.32 Å². The smallest absolute Gasteiger partial charge is 0.325 e. The molecular weight excluding hydrogens is 246 g/mol. The largest absolute Gasteiger partial charge is 0.480 e. The molecule has 74 valence electrons. The minimum atomic E-state index is -0.816. The number of aliphatic carboxylic acids is 1. The molecule has 1 aromatic carbocycles. The molecule has 0 radical (unpaired) electrons. The van der Waals surface area contributed by atoms with Crippen molar-refractivity contribution in [2.75, 3.05) is 6.54 Å². The predicted molar refractivity (Wildman–Crippen MR) is 56.2 cm³/mol. The first kappa shape index (κ1) is 9.68. The number of benzene rings is 1. The molecule has 0 bridgehead atoms. The highest BCUT2D eigenvalue weighted by atomic mass is 79.9. The number of hydrogen-bond acceptors (Lipinski definition) is 2. The Morgan fingerprint density at radius 1 is 1.57 bits per heavy atom. The lowest BCUT2D eigenvalue weighted by molar-refractivity contribution is -0.139. The average molecular weight is 256 g/mol. The lowest BCUT2D eigenvalue weighted by atomic mass is 9.94. The molecular formula is C10H10BrNO2. The van der Waals surface area contributed by atoms with E-state index in [0.29, 0.717) is 6.54 Å². The molecule has 0 saturated heterocycles. The van der Waals surface area contributed by atoms with Crippen molar-refractivity contribution in [3.63, 3.8) is 0 Å². The van der Waals surface area contributed by atoms with E-state index in [1.807, 2.05) is 18.2 Å². The summed E-state index contributed by atoms with van der Waals surface area (Å²) in [6, 6.07) is 5.12. The van der Waals surface area contributed by atoms with E-state index in [1.165, 1.54) is 0 Å². The summed E-state index contributed by atoms with van der Waals surface area (Å²) in [4.78, 5) is 11.0. The molecule has 0 unspecified atom stereocenters. The second kappa shape index (κ2) is 3.71. The van der Waals surface area contributed by atoms with Crippen LogP contribution in [0.15, 0.2) is 22.7 Å². The Morgan fingerprint density at radius 3 is 3.07 bits per heavy atom. The van der Waals surface area contributed by atoms with E-state index >= 15 is 0 Å². The van der Waals surface area contributed by atoms with Gasteiger partial charge in [-0.25, -0.2) is 0 Å². The summed E-state index contributed by atoms with van der Waals surface area (Å²) >= 11 is 3.44. The quantitative estimate of drug-likeness (QED) is 0.804. The van der Waals surface area contributed by atoms with Gasteiger partial charge in [0, 0.05) is 11.0 Å². The summed E-state index contributed by atoms with van der Waals surface area (Å²) in [6.07, 6.45) is 0.876. The standard InChI is InChI=1S/C10H10BrNO2/c11-8-3-1-2-7-6(8)4-5-12-9(7)10(13)14/h1-3,9,12H,4-5H2,(H,13,14)/t9-/m0/s1. The fraction of sp³-hybridized carbons (Fsp3) is 0.300. The third kappa shape index (κ3) is 1.55. The lowest BCUT2D eigenvalue weighted by Crippen LogP contribution is -2.35. The minimum Gasteiger partial charge on any atom is -0.480 e. The Morgan fingerprint density at radius 2 is 2.36 bits per heavy atom. The van der Waals surface area contributed by atoms with E-state index in [0.717, 1.165) is 22.0 Å². The van der Waals surface area contributed by atoms with Crippen LogP contribution in [-0.4, -0.2) is 17.6 Å². The summed E-state index contributed by atoms with van der Waals surface area (Å²) < 4.78 is 1.00. The number of hydrogen-bond donors (Lipinski definition) is 2. The van der Waals surface area contributed by atoms with Gasteiger partial charge in [-0.3, -0.25) is 4.79 Å². The number of carbonyl (C=O) groups is 1. The zero-order chi connectivity index (χ0) is 10.1. The van der Waals surface area contributed by atoms with Crippen molar-refractivity contribution in [1.29, 1.82) is 0 Å². The second-order valence-electron chi connectivity index (χ2n) is 3.28. The lowest BCUT2D eigenvalue weighted by Gasteiger charge is -2.24. The molecule has 1 aliphatic rings. The zero-order valence-electron chi connectivity index (χ0n) is 7.46.